The van der Waals surface area contributed by atoms with E-state index in [0.717, 1.165) is 18.0 Å². The molecule has 0 amide bonds. The van der Waals surface area contributed by atoms with Crippen molar-refractivity contribution in [3.05, 3.63) is 53.6 Å². The molecule has 2 aromatic carbocycles. The monoisotopic (exact) mass is 299 g/mol. The number of anilines is 1. The van der Waals surface area contributed by atoms with Crippen molar-refractivity contribution in [3.8, 4) is 5.75 Å². The molecule has 21 heavy (non-hydrogen) atoms. The lowest BCUT2D eigenvalue weighted by atomic mass is 10.1. The van der Waals surface area contributed by atoms with Gasteiger partial charge in [-0.2, -0.15) is 0 Å². The van der Waals surface area contributed by atoms with E-state index in [9.17, 15) is 0 Å². The van der Waals surface area contributed by atoms with Crippen LogP contribution in [0.15, 0.2) is 42.5 Å². The first-order chi connectivity index (χ1) is 9.90. The number of hydrogen-bond acceptors (Lipinski definition) is 2. The van der Waals surface area contributed by atoms with Crippen LogP contribution in [-0.4, -0.2) is 15.2 Å². The summed E-state index contributed by atoms with van der Waals surface area (Å²) in [4.78, 5) is 0. The van der Waals surface area contributed by atoms with Gasteiger partial charge in [0.15, 0.2) is 0 Å². The summed E-state index contributed by atoms with van der Waals surface area (Å²) in [5, 5.41) is 5.00. The highest BCUT2D eigenvalue weighted by molar-refractivity contribution is 6.88. The number of nitrogens with one attached hydrogen (secondary N) is 1. The van der Waals surface area contributed by atoms with Gasteiger partial charge in [0.1, 0.15) is 5.75 Å². The van der Waals surface area contributed by atoms with Crippen molar-refractivity contribution in [2.75, 3.05) is 12.4 Å². The highest BCUT2D eigenvalue weighted by Crippen LogP contribution is 2.21. The number of methoxy groups -OCH3 is 1. The molecule has 0 bridgehead atoms. The second-order valence-electron chi connectivity index (χ2n) is 6.48. The Balaban J connectivity index is 2.03. The molecule has 0 aliphatic carbocycles. The second kappa shape index (κ2) is 6.35. The van der Waals surface area contributed by atoms with E-state index in [-0.39, 0.29) is 0 Å². The summed E-state index contributed by atoms with van der Waals surface area (Å²) < 4.78 is 5.23. The quantitative estimate of drug-likeness (QED) is 0.837. The summed E-state index contributed by atoms with van der Waals surface area (Å²) in [6.45, 7) is 10.1. The van der Waals surface area contributed by atoms with E-state index in [1.54, 1.807) is 7.11 Å². The van der Waals surface area contributed by atoms with E-state index in [4.69, 9.17) is 4.74 Å². The Morgan fingerprint density at radius 2 is 1.67 bits per heavy atom. The Hall–Kier alpha value is -1.74. The first-order valence-electron chi connectivity index (χ1n) is 7.38. The van der Waals surface area contributed by atoms with E-state index >= 15 is 0 Å². The van der Waals surface area contributed by atoms with Crippen LogP contribution < -0.4 is 15.2 Å². The number of benzene rings is 2. The first-order valence-corrected chi connectivity index (χ1v) is 10.9. The van der Waals surface area contributed by atoms with Gasteiger partial charge in [-0.1, -0.05) is 49.1 Å². The van der Waals surface area contributed by atoms with Gasteiger partial charge in [0.05, 0.1) is 15.2 Å². The number of hydrogen-bond donors (Lipinski definition) is 1. The predicted octanol–water partition coefficient (Wildman–Crippen LogP) is 4.16. The molecule has 0 fully saturated rings. The lowest BCUT2D eigenvalue weighted by Crippen LogP contribution is -2.37. The van der Waals surface area contributed by atoms with E-state index < -0.39 is 8.07 Å². The molecule has 3 heteroatoms. The predicted molar refractivity (Wildman–Crippen MR) is 94.5 cm³/mol. The van der Waals surface area contributed by atoms with Crippen molar-refractivity contribution < 1.29 is 4.74 Å². The van der Waals surface area contributed by atoms with Gasteiger partial charge in [0.25, 0.3) is 0 Å². The highest BCUT2D eigenvalue weighted by atomic mass is 28.3. The van der Waals surface area contributed by atoms with E-state index in [1.165, 1.54) is 16.3 Å². The fourth-order valence-corrected chi connectivity index (χ4v) is 3.45. The van der Waals surface area contributed by atoms with Gasteiger partial charge >= 0.3 is 0 Å². The topological polar surface area (TPSA) is 21.3 Å². The van der Waals surface area contributed by atoms with Gasteiger partial charge in [0.2, 0.25) is 0 Å². The van der Waals surface area contributed by atoms with Gasteiger partial charge in [-0.15, -0.1) is 0 Å². The molecule has 0 spiro atoms. The smallest absolute Gasteiger partial charge is 0.119 e. The summed E-state index contributed by atoms with van der Waals surface area (Å²) in [5.74, 6) is 0.900. The minimum Gasteiger partial charge on any atom is -0.497 e. The average molecular weight is 299 g/mol. The van der Waals surface area contributed by atoms with Crippen molar-refractivity contribution in [1.29, 1.82) is 0 Å². The van der Waals surface area contributed by atoms with Gasteiger partial charge < -0.3 is 10.1 Å². The molecule has 0 radical (unpaired) electrons. The van der Waals surface area contributed by atoms with Crippen LogP contribution in [-0.2, 0) is 6.54 Å². The minimum absolute atomic E-state index is 0.846. The van der Waals surface area contributed by atoms with Crippen molar-refractivity contribution in [1.82, 2.24) is 0 Å². The lowest BCUT2D eigenvalue weighted by Gasteiger charge is -2.17. The maximum Gasteiger partial charge on any atom is 0.119 e. The third kappa shape index (κ3) is 4.11. The standard InChI is InChI=1S/C18H25NOSi/c1-14-12-16(20-2)8-11-18(14)19-13-15-6-9-17(10-7-15)21(3,4)5/h6-12,19H,13H2,1-5H3. The molecular formula is C18H25NOSi. The third-order valence-corrected chi connectivity index (χ3v) is 5.80. The summed E-state index contributed by atoms with van der Waals surface area (Å²) in [7, 11) is 0.499. The van der Waals surface area contributed by atoms with Crippen molar-refractivity contribution in [2.24, 2.45) is 0 Å². The molecule has 2 aromatic rings. The Bertz CT molecular complexity index is 600. The van der Waals surface area contributed by atoms with Crippen molar-refractivity contribution >= 4 is 18.9 Å². The molecule has 0 aliphatic heterocycles. The molecule has 0 aliphatic rings. The molecule has 2 nitrogen and oxygen atoms in total. The van der Waals surface area contributed by atoms with Gasteiger partial charge in [-0.3, -0.25) is 0 Å². The van der Waals surface area contributed by atoms with Crippen LogP contribution in [0.2, 0.25) is 19.6 Å². The van der Waals surface area contributed by atoms with E-state index in [2.05, 4.69) is 68.3 Å². The average Bonchev–Trinajstić information content (AvgIpc) is 2.45. The Labute approximate surface area is 129 Å². The normalized spacial score (nSPS) is 11.3. The van der Waals surface area contributed by atoms with Gasteiger partial charge in [-0.25, -0.2) is 0 Å². The summed E-state index contributed by atoms with van der Waals surface area (Å²) in [5.41, 5.74) is 3.67. The third-order valence-electron chi connectivity index (χ3n) is 3.74. The first kappa shape index (κ1) is 15.6. The van der Waals surface area contributed by atoms with Crippen LogP contribution in [0.3, 0.4) is 0 Å². The maximum absolute atomic E-state index is 5.23. The number of ether oxygens (including phenoxy) is 1. The number of aryl methyl sites for hydroxylation is 1. The molecule has 112 valence electrons. The summed E-state index contributed by atoms with van der Waals surface area (Å²) in [6, 6.07) is 15.2. The zero-order chi connectivity index (χ0) is 15.5. The van der Waals surface area contributed by atoms with Crippen LogP contribution in [0.5, 0.6) is 5.75 Å². The maximum atomic E-state index is 5.23. The number of rotatable bonds is 5. The second-order valence-corrected chi connectivity index (χ2v) is 11.6. The lowest BCUT2D eigenvalue weighted by molar-refractivity contribution is 0.414. The van der Waals surface area contributed by atoms with E-state index in [1.807, 2.05) is 6.07 Å². The van der Waals surface area contributed by atoms with Crippen LogP contribution >= 0.6 is 0 Å². The van der Waals surface area contributed by atoms with Crippen LogP contribution in [0.1, 0.15) is 11.1 Å². The fourth-order valence-electron chi connectivity index (χ4n) is 2.28. The zero-order valence-corrected chi connectivity index (χ0v) is 14.7. The molecule has 1 N–H and O–H groups in total. The Morgan fingerprint density at radius 1 is 1.00 bits per heavy atom. The molecule has 0 saturated heterocycles. The van der Waals surface area contributed by atoms with Crippen molar-refractivity contribution in [2.45, 2.75) is 33.1 Å². The molecular weight excluding hydrogens is 274 g/mol. The molecule has 0 atom stereocenters. The minimum atomic E-state index is -1.20. The summed E-state index contributed by atoms with van der Waals surface area (Å²) in [6.07, 6.45) is 0. The SMILES string of the molecule is COc1ccc(NCc2ccc([Si](C)(C)C)cc2)c(C)c1. The van der Waals surface area contributed by atoms with Crippen molar-refractivity contribution in [3.63, 3.8) is 0 Å². The van der Waals surface area contributed by atoms with Crippen LogP contribution in [0.25, 0.3) is 0 Å². The molecule has 2 rings (SSSR count). The molecule has 0 aromatic heterocycles. The Kier molecular flexibility index (Phi) is 4.73. The van der Waals surface area contributed by atoms with Gasteiger partial charge in [-0.05, 0) is 36.2 Å². The molecule has 0 heterocycles. The largest absolute Gasteiger partial charge is 0.497 e. The van der Waals surface area contributed by atoms with Gasteiger partial charge in [0, 0.05) is 12.2 Å². The highest BCUT2D eigenvalue weighted by Gasteiger charge is 2.15. The Morgan fingerprint density at radius 3 is 2.19 bits per heavy atom. The fraction of sp³-hybridized carbons (Fsp3) is 0.333. The zero-order valence-electron chi connectivity index (χ0n) is 13.7. The molecule has 0 unspecified atom stereocenters. The molecule has 0 saturated carbocycles. The summed E-state index contributed by atoms with van der Waals surface area (Å²) >= 11 is 0. The van der Waals surface area contributed by atoms with E-state index in [0.29, 0.717) is 0 Å². The van der Waals surface area contributed by atoms with Crippen LogP contribution in [0, 0.1) is 6.92 Å². The van der Waals surface area contributed by atoms with Crippen LogP contribution in [0.4, 0.5) is 5.69 Å².